The number of aromatic nitrogens is 1. The van der Waals surface area contributed by atoms with Gasteiger partial charge in [-0.15, -0.1) is 0 Å². The van der Waals surface area contributed by atoms with Crippen molar-refractivity contribution in [1.82, 2.24) is 9.88 Å². The molecule has 1 aliphatic rings. The second kappa shape index (κ2) is 6.94. The lowest BCUT2D eigenvalue weighted by molar-refractivity contribution is 0.0688. The van der Waals surface area contributed by atoms with E-state index in [1.54, 1.807) is 12.1 Å². The number of hydrogen-bond donors (Lipinski definition) is 2. The van der Waals surface area contributed by atoms with E-state index in [2.05, 4.69) is 4.98 Å². The fourth-order valence-corrected chi connectivity index (χ4v) is 2.70. The summed E-state index contributed by atoms with van der Waals surface area (Å²) in [6, 6.07) is 8.98. The summed E-state index contributed by atoms with van der Waals surface area (Å²) >= 11 is 0. The molecule has 2 N–H and O–H groups in total. The zero-order chi connectivity index (χ0) is 17.1. The molecule has 1 saturated heterocycles. The Hall–Kier alpha value is -2.51. The van der Waals surface area contributed by atoms with Crippen LogP contribution in [0, 0.1) is 5.82 Å². The molecule has 1 aromatic carbocycles. The van der Waals surface area contributed by atoms with Crippen LogP contribution in [-0.2, 0) is 6.54 Å². The number of carboxylic acids is 1. The largest absolute Gasteiger partial charge is 0.486 e. The van der Waals surface area contributed by atoms with Gasteiger partial charge in [0.25, 0.3) is 0 Å². The number of likely N-dealkylation sites (tertiary alicyclic amines) is 1. The van der Waals surface area contributed by atoms with Crippen molar-refractivity contribution in [3.05, 3.63) is 59.7 Å². The second-order valence-electron chi connectivity index (χ2n) is 5.68. The molecule has 0 bridgehead atoms. The highest BCUT2D eigenvalue weighted by atomic mass is 19.1. The summed E-state index contributed by atoms with van der Waals surface area (Å²) in [6.07, 6.45) is 0.266. The fourth-order valence-electron chi connectivity index (χ4n) is 2.70. The third-order valence-corrected chi connectivity index (χ3v) is 3.89. The Kier molecular flexibility index (Phi) is 4.73. The molecule has 2 heterocycles. The summed E-state index contributed by atoms with van der Waals surface area (Å²) in [5.74, 6) is -1.05. The summed E-state index contributed by atoms with van der Waals surface area (Å²) in [7, 11) is 0. The van der Waals surface area contributed by atoms with Gasteiger partial charge in [0.15, 0.2) is 0 Å². The molecule has 0 radical (unpaired) electrons. The molecular formula is C17H17FN2O4. The van der Waals surface area contributed by atoms with Crippen molar-refractivity contribution >= 4 is 5.97 Å². The van der Waals surface area contributed by atoms with Crippen molar-refractivity contribution in [3.8, 4) is 5.75 Å². The van der Waals surface area contributed by atoms with Crippen LogP contribution >= 0.6 is 0 Å². The van der Waals surface area contributed by atoms with Crippen molar-refractivity contribution < 1.29 is 24.1 Å². The molecule has 2 atom stereocenters. The van der Waals surface area contributed by atoms with Gasteiger partial charge in [-0.25, -0.2) is 9.18 Å². The van der Waals surface area contributed by atoms with Gasteiger partial charge < -0.3 is 14.9 Å². The molecule has 0 spiro atoms. The monoisotopic (exact) mass is 332 g/mol. The number of aromatic carboxylic acids is 1. The summed E-state index contributed by atoms with van der Waals surface area (Å²) in [6.45, 7) is 1.01. The first-order valence-corrected chi connectivity index (χ1v) is 7.53. The molecule has 24 heavy (non-hydrogen) atoms. The number of nitrogens with zero attached hydrogens (tertiary/aromatic N) is 2. The fraction of sp³-hybridized carbons (Fsp3) is 0.294. The van der Waals surface area contributed by atoms with E-state index in [1.807, 2.05) is 4.90 Å². The van der Waals surface area contributed by atoms with Crippen LogP contribution in [0.5, 0.6) is 5.75 Å². The van der Waals surface area contributed by atoms with E-state index in [1.165, 1.54) is 30.5 Å². The van der Waals surface area contributed by atoms with Crippen molar-refractivity contribution in [3.63, 3.8) is 0 Å². The van der Waals surface area contributed by atoms with Gasteiger partial charge >= 0.3 is 5.97 Å². The molecule has 1 fully saturated rings. The molecule has 0 unspecified atom stereocenters. The minimum absolute atomic E-state index is 0.118. The quantitative estimate of drug-likeness (QED) is 0.864. The summed E-state index contributed by atoms with van der Waals surface area (Å²) in [4.78, 5) is 16.8. The van der Waals surface area contributed by atoms with Crippen molar-refractivity contribution in [2.75, 3.05) is 13.1 Å². The molecule has 126 valence electrons. The Morgan fingerprint density at radius 2 is 2.17 bits per heavy atom. The number of carboxylic acid groups (broad SMARTS) is 1. The van der Waals surface area contributed by atoms with E-state index in [9.17, 15) is 14.3 Å². The minimum Gasteiger partial charge on any atom is -0.486 e. The Morgan fingerprint density at radius 3 is 2.92 bits per heavy atom. The molecule has 1 aromatic heterocycles. The lowest BCUT2D eigenvalue weighted by Gasteiger charge is -2.17. The van der Waals surface area contributed by atoms with Gasteiger partial charge in [-0.1, -0.05) is 6.07 Å². The Morgan fingerprint density at radius 1 is 1.33 bits per heavy atom. The first-order chi connectivity index (χ1) is 11.5. The van der Waals surface area contributed by atoms with Gasteiger partial charge in [-0.2, -0.15) is 0 Å². The standard InChI is InChI=1S/C17H17FN2O4/c18-13-5-2-6-19-14(13)8-20-9-15(21)16(10-20)24-12-4-1-3-11(7-12)17(22)23/h1-7,15-16,21H,8-10H2,(H,22,23)/t15-,16-/m1/s1. The lowest BCUT2D eigenvalue weighted by atomic mass is 10.2. The number of carbonyl (C=O) groups is 1. The zero-order valence-corrected chi connectivity index (χ0v) is 12.8. The molecule has 7 heteroatoms. The normalized spacial score (nSPS) is 20.9. The van der Waals surface area contributed by atoms with Gasteiger partial charge in [0.1, 0.15) is 23.8 Å². The van der Waals surface area contributed by atoms with E-state index < -0.39 is 18.2 Å². The highest BCUT2D eigenvalue weighted by Gasteiger charge is 2.33. The first kappa shape index (κ1) is 16.4. The van der Waals surface area contributed by atoms with Crippen molar-refractivity contribution in [2.24, 2.45) is 0 Å². The van der Waals surface area contributed by atoms with Crippen molar-refractivity contribution in [1.29, 1.82) is 0 Å². The van der Waals surface area contributed by atoms with E-state index >= 15 is 0 Å². The number of rotatable bonds is 5. The SMILES string of the molecule is O=C(O)c1cccc(O[C@@H]2CN(Cc3ncccc3F)C[C@H]2O)c1. The maximum atomic E-state index is 13.7. The highest BCUT2D eigenvalue weighted by Crippen LogP contribution is 2.21. The lowest BCUT2D eigenvalue weighted by Crippen LogP contribution is -2.30. The van der Waals surface area contributed by atoms with Crippen LogP contribution in [0.1, 0.15) is 16.1 Å². The molecule has 0 aliphatic carbocycles. The predicted molar refractivity (Wildman–Crippen MR) is 83.3 cm³/mol. The second-order valence-corrected chi connectivity index (χ2v) is 5.68. The molecule has 0 amide bonds. The Bertz CT molecular complexity index is 740. The third kappa shape index (κ3) is 3.69. The molecule has 0 saturated carbocycles. The number of β-amino-alcohol motifs (C(OH)–C–C–N with tert-alkyl or cyclic N) is 1. The predicted octanol–water partition coefficient (Wildman–Crippen LogP) is 1.54. The average Bonchev–Trinajstić information content (AvgIpc) is 2.89. The van der Waals surface area contributed by atoms with Gasteiger partial charge in [-0.05, 0) is 30.3 Å². The van der Waals surface area contributed by atoms with Crippen LogP contribution in [0.3, 0.4) is 0 Å². The molecule has 1 aliphatic heterocycles. The van der Waals surface area contributed by atoms with Crippen LogP contribution in [0.25, 0.3) is 0 Å². The van der Waals surface area contributed by atoms with E-state index in [-0.39, 0.29) is 17.9 Å². The summed E-state index contributed by atoms with van der Waals surface area (Å²) in [5.41, 5.74) is 0.436. The zero-order valence-electron chi connectivity index (χ0n) is 12.8. The Labute approximate surface area is 138 Å². The number of benzene rings is 1. The first-order valence-electron chi connectivity index (χ1n) is 7.53. The van der Waals surface area contributed by atoms with Crippen LogP contribution in [0.15, 0.2) is 42.6 Å². The number of halogens is 1. The van der Waals surface area contributed by atoms with Gasteiger partial charge in [0, 0.05) is 25.8 Å². The maximum absolute atomic E-state index is 13.7. The highest BCUT2D eigenvalue weighted by molar-refractivity contribution is 5.88. The molecule has 2 aromatic rings. The number of aliphatic hydroxyl groups is 1. The summed E-state index contributed by atoms with van der Waals surface area (Å²) in [5, 5.41) is 19.1. The van der Waals surface area contributed by atoms with Gasteiger partial charge in [0.05, 0.1) is 11.3 Å². The van der Waals surface area contributed by atoms with E-state index in [0.717, 1.165) is 0 Å². The van der Waals surface area contributed by atoms with Gasteiger partial charge in [-0.3, -0.25) is 9.88 Å². The minimum atomic E-state index is -1.04. The van der Waals surface area contributed by atoms with Crippen LogP contribution in [-0.4, -0.2) is 51.4 Å². The number of hydrogen-bond acceptors (Lipinski definition) is 5. The number of pyridine rings is 1. The smallest absolute Gasteiger partial charge is 0.335 e. The van der Waals surface area contributed by atoms with E-state index in [4.69, 9.17) is 9.84 Å². The molecule has 3 rings (SSSR count). The van der Waals surface area contributed by atoms with Crippen LogP contribution in [0.4, 0.5) is 4.39 Å². The van der Waals surface area contributed by atoms with E-state index in [0.29, 0.717) is 24.5 Å². The van der Waals surface area contributed by atoms with Crippen LogP contribution in [0.2, 0.25) is 0 Å². The molecule has 6 nitrogen and oxygen atoms in total. The third-order valence-electron chi connectivity index (χ3n) is 3.89. The van der Waals surface area contributed by atoms with Crippen molar-refractivity contribution in [2.45, 2.75) is 18.8 Å². The number of ether oxygens (including phenoxy) is 1. The molecular weight excluding hydrogens is 315 g/mol. The topological polar surface area (TPSA) is 82.9 Å². The average molecular weight is 332 g/mol. The van der Waals surface area contributed by atoms with Crippen LogP contribution < -0.4 is 4.74 Å². The summed E-state index contributed by atoms with van der Waals surface area (Å²) < 4.78 is 19.4. The number of aliphatic hydroxyl groups excluding tert-OH is 1. The Balaban J connectivity index is 1.65. The maximum Gasteiger partial charge on any atom is 0.335 e. The van der Waals surface area contributed by atoms with Gasteiger partial charge in [0.2, 0.25) is 0 Å².